The van der Waals surface area contributed by atoms with Crippen LogP contribution in [0.25, 0.3) is 0 Å². The monoisotopic (exact) mass is 277 g/mol. The Morgan fingerprint density at radius 2 is 2.25 bits per heavy atom. The van der Waals surface area contributed by atoms with E-state index in [1.165, 1.54) is 6.42 Å². The maximum atomic E-state index is 10.2. The summed E-state index contributed by atoms with van der Waals surface area (Å²) in [5.74, 6) is 1.31. The smallest absolute Gasteiger partial charge is 0.128 e. The average Bonchev–Trinajstić information content (AvgIpc) is 2.39. The van der Waals surface area contributed by atoms with Crippen molar-refractivity contribution in [1.82, 2.24) is 5.48 Å². The Labute approximate surface area is 120 Å². The summed E-state index contributed by atoms with van der Waals surface area (Å²) < 4.78 is 6.38. The van der Waals surface area contributed by atoms with Crippen LogP contribution in [-0.2, 0) is 11.3 Å². The third kappa shape index (κ3) is 1.98. The summed E-state index contributed by atoms with van der Waals surface area (Å²) in [5, 5.41) is 10.2. The van der Waals surface area contributed by atoms with Crippen molar-refractivity contribution in [2.45, 2.75) is 57.6 Å². The highest BCUT2D eigenvalue weighted by Gasteiger charge is 2.46. The molecule has 0 radical (unpaired) electrons. The normalized spacial score (nSPS) is 23.1. The SMILES string of the molecule is CCc1c(C)c(O)cc2c1OC1(CCC1)CC2NOC. The number of hydroxylamine groups is 1. The molecule has 1 spiro atoms. The molecule has 2 aliphatic rings. The molecule has 0 bridgehead atoms. The van der Waals surface area contributed by atoms with Crippen molar-refractivity contribution in [3.63, 3.8) is 0 Å². The molecule has 4 nitrogen and oxygen atoms in total. The molecule has 0 amide bonds. The minimum absolute atomic E-state index is 0.0312. The summed E-state index contributed by atoms with van der Waals surface area (Å²) in [6.45, 7) is 4.06. The molecule has 20 heavy (non-hydrogen) atoms. The molecule has 1 saturated carbocycles. The van der Waals surface area contributed by atoms with Gasteiger partial charge in [-0.2, -0.15) is 5.48 Å². The number of aromatic hydroxyl groups is 1. The van der Waals surface area contributed by atoms with E-state index >= 15 is 0 Å². The van der Waals surface area contributed by atoms with Crippen LogP contribution in [0.1, 0.15) is 55.3 Å². The first kappa shape index (κ1) is 13.7. The van der Waals surface area contributed by atoms with Crippen molar-refractivity contribution < 1.29 is 14.7 Å². The number of phenols is 1. The van der Waals surface area contributed by atoms with Crippen LogP contribution in [0.2, 0.25) is 0 Å². The Morgan fingerprint density at radius 1 is 1.50 bits per heavy atom. The predicted molar refractivity (Wildman–Crippen MR) is 76.9 cm³/mol. The lowest BCUT2D eigenvalue weighted by Crippen LogP contribution is -2.49. The molecule has 1 aliphatic heterocycles. The molecule has 4 heteroatoms. The Morgan fingerprint density at radius 3 is 2.80 bits per heavy atom. The Balaban J connectivity index is 2.10. The van der Waals surface area contributed by atoms with Crippen LogP contribution < -0.4 is 10.2 Å². The summed E-state index contributed by atoms with van der Waals surface area (Å²) in [6, 6.07) is 1.91. The fraction of sp³-hybridized carbons (Fsp3) is 0.625. The highest BCUT2D eigenvalue weighted by molar-refractivity contribution is 5.55. The zero-order valence-corrected chi connectivity index (χ0v) is 12.5. The van der Waals surface area contributed by atoms with Gasteiger partial charge in [-0.25, -0.2) is 0 Å². The number of phenolic OH excluding ortho intramolecular Hbond substituents is 1. The van der Waals surface area contributed by atoms with Gasteiger partial charge in [-0.05, 0) is 44.2 Å². The Hall–Kier alpha value is -1.26. The van der Waals surface area contributed by atoms with Gasteiger partial charge in [-0.3, -0.25) is 0 Å². The van der Waals surface area contributed by atoms with E-state index < -0.39 is 0 Å². The van der Waals surface area contributed by atoms with E-state index in [9.17, 15) is 5.11 Å². The molecule has 110 valence electrons. The van der Waals surface area contributed by atoms with E-state index in [-0.39, 0.29) is 11.6 Å². The first-order valence-corrected chi connectivity index (χ1v) is 7.43. The average molecular weight is 277 g/mol. The molecular weight excluding hydrogens is 254 g/mol. The van der Waals surface area contributed by atoms with Gasteiger partial charge in [0.2, 0.25) is 0 Å². The van der Waals surface area contributed by atoms with Gasteiger partial charge in [0.05, 0.1) is 13.2 Å². The van der Waals surface area contributed by atoms with Gasteiger partial charge < -0.3 is 14.7 Å². The number of hydrogen-bond donors (Lipinski definition) is 2. The molecule has 0 aromatic heterocycles. The minimum Gasteiger partial charge on any atom is -0.508 e. The maximum Gasteiger partial charge on any atom is 0.128 e. The molecule has 1 aromatic carbocycles. The van der Waals surface area contributed by atoms with Crippen molar-refractivity contribution in [1.29, 1.82) is 0 Å². The highest BCUT2D eigenvalue weighted by atomic mass is 16.6. The molecule has 2 N–H and O–H groups in total. The van der Waals surface area contributed by atoms with Crippen LogP contribution in [0, 0.1) is 6.92 Å². The van der Waals surface area contributed by atoms with Gasteiger partial charge in [0.1, 0.15) is 17.1 Å². The molecule has 1 aromatic rings. The molecule has 3 rings (SSSR count). The van der Waals surface area contributed by atoms with Crippen molar-refractivity contribution in [3.8, 4) is 11.5 Å². The number of ether oxygens (including phenoxy) is 1. The first-order valence-electron chi connectivity index (χ1n) is 7.43. The maximum absolute atomic E-state index is 10.2. The van der Waals surface area contributed by atoms with Gasteiger partial charge >= 0.3 is 0 Å². The van der Waals surface area contributed by atoms with Crippen molar-refractivity contribution in [2.75, 3.05) is 7.11 Å². The van der Waals surface area contributed by atoms with Gasteiger partial charge in [-0.1, -0.05) is 6.92 Å². The molecular formula is C16H23NO3. The summed E-state index contributed by atoms with van der Waals surface area (Å²) in [4.78, 5) is 5.16. The third-order valence-electron chi connectivity index (χ3n) is 4.81. The summed E-state index contributed by atoms with van der Waals surface area (Å²) in [5.41, 5.74) is 6.11. The van der Waals surface area contributed by atoms with Crippen LogP contribution in [0.5, 0.6) is 11.5 Å². The van der Waals surface area contributed by atoms with E-state index in [2.05, 4.69) is 12.4 Å². The molecule has 1 fully saturated rings. The van der Waals surface area contributed by atoms with E-state index in [0.29, 0.717) is 5.75 Å². The van der Waals surface area contributed by atoms with E-state index in [0.717, 1.165) is 48.1 Å². The number of fused-ring (bicyclic) bond motifs is 1. The zero-order chi connectivity index (χ0) is 14.3. The molecule has 1 atom stereocenters. The summed E-state index contributed by atoms with van der Waals surface area (Å²) in [7, 11) is 1.64. The minimum atomic E-state index is -0.0312. The van der Waals surface area contributed by atoms with Crippen LogP contribution in [-0.4, -0.2) is 17.8 Å². The summed E-state index contributed by atoms with van der Waals surface area (Å²) in [6.07, 6.45) is 5.21. The lowest BCUT2D eigenvalue weighted by atomic mass is 9.72. The zero-order valence-electron chi connectivity index (χ0n) is 12.5. The predicted octanol–water partition coefficient (Wildman–Crippen LogP) is 3.16. The fourth-order valence-electron chi connectivity index (χ4n) is 3.49. The number of benzene rings is 1. The van der Waals surface area contributed by atoms with Crippen molar-refractivity contribution in [2.24, 2.45) is 0 Å². The highest BCUT2D eigenvalue weighted by Crippen LogP contribution is 2.51. The summed E-state index contributed by atoms with van der Waals surface area (Å²) >= 11 is 0. The quantitative estimate of drug-likeness (QED) is 0.833. The third-order valence-corrected chi connectivity index (χ3v) is 4.81. The number of nitrogens with one attached hydrogen (secondary N) is 1. The molecule has 1 unspecified atom stereocenters. The fourth-order valence-corrected chi connectivity index (χ4v) is 3.49. The van der Waals surface area contributed by atoms with Gasteiger partial charge in [-0.15, -0.1) is 0 Å². The second-order valence-electron chi connectivity index (χ2n) is 5.99. The van der Waals surface area contributed by atoms with Crippen LogP contribution >= 0.6 is 0 Å². The van der Waals surface area contributed by atoms with Gasteiger partial charge in [0, 0.05) is 17.5 Å². The molecule has 0 saturated heterocycles. The van der Waals surface area contributed by atoms with Crippen molar-refractivity contribution >= 4 is 0 Å². The standard InChI is InChI=1S/C16H23NO3/c1-4-11-10(2)14(18)8-12-13(17-19-3)9-16(6-5-7-16)20-15(11)12/h8,13,17-18H,4-7,9H2,1-3H3. The van der Waals surface area contributed by atoms with Crippen LogP contribution in [0.3, 0.4) is 0 Å². The molecule has 1 heterocycles. The van der Waals surface area contributed by atoms with Crippen molar-refractivity contribution in [3.05, 3.63) is 22.8 Å². The van der Waals surface area contributed by atoms with E-state index in [1.807, 2.05) is 13.0 Å². The number of rotatable bonds is 3. The number of hydrogen-bond acceptors (Lipinski definition) is 4. The van der Waals surface area contributed by atoms with E-state index in [4.69, 9.17) is 9.57 Å². The first-order chi connectivity index (χ1) is 9.60. The molecule has 1 aliphatic carbocycles. The second-order valence-corrected chi connectivity index (χ2v) is 5.99. The Bertz CT molecular complexity index is 523. The topological polar surface area (TPSA) is 50.7 Å². The largest absolute Gasteiger partial charge is 0.508 e. The lowest BCUT2D eigenvalue weighted by molar-refractivity contribution is -0.0605. The van der Waals surface area contributed by atoms with Crippen LogP contribution in [0.4, 0.5) is 0 Å². The van der Waals surface area contributed by atoms with E-state index in [1.54, 1.807) is 7.11 Å². The lowest BCUT2D eigenvalue weighted by Gasteiger charge is -2.48. The van der Waals surface area contributed by atoms with Gasteiger partial charge in [0.25, 0.3) is 0 Å². The Kier molecular flexibility index (Phi) is 3.38. The van der Waals surface area contributed by atoms with Gasteiger partial charge in [0.15, 0.2) is 0 Å². The second kappa shape index (κ2) is 4.93. The van der Waals surface area contributed by atoms with Crippen LogP contribution in [0.15, 0.2) is 6.07 Å².